The molecule has 1 aliphatic heterocycles. The second-order valence-electron chi connectivity index (χ2n) is 5.28. The van der Waals surface area contributed by atoms with E-state index in [0.29, 0.717) is 11.3 Å². The van der Waals surface area contributed by atoms with E-state index in [2.05, 4.69) is 5.32 Å². The molecule has 1 saturated heterocycles. The number of nitrogens with one attached hydrogen (secondary N) is 1. The fourth-order valence-electron chi connectivity index (χ4n) is 2.38. The highest BCUT2D eigenvalue weighted by atomic mass is 32.2. The van der Waals surface area contributed by atoms with Crippen LogP contribution in [0, 0.1) is 5.92 Å². The molecule has 1 aromatic rings. The van der Waals surface area contributed by atoms with E-state index in [1.54, 1.807) is 12.1 Å². The Kier molecular flexibility index (Phi) is 5.78. The zero-order valence-corrected chi connectivity index (χ0v) is 13.6. The van der Waals surface area contributed by atoms with Crippen molar-refractivity contribution < 1.29 is 8.42 Å². The van der Waals surface area contributed by atoms with E-state index < -0.39 is 9.84 Å². The summed E-state index contributed by atoms with van der Waals surface area (Å²) in [4.78, 5) is 0.430. The van der Waals surface area contributed by atoms with Crippen molar-refractivity contribution in [2.24, 2.45) is 5.92 Å². The molecule has 0 bridgehead atoms. The largest absolute Gasteiger partial charge is 0.385 e. The van der Waals surface area contributed by atoms with Gasteiger partial charge in [0, 0.05) is 12.2 Å². The molecule has 5 heteroatoms. The van der Waals surface area contributed by atoms with Gasteiger partial charge < -0.3 is 5.32 Å². The van der Waals surface area contributed by atoms with E-state index in [-0.39, 0.29) is 5.75 Å². The molecule has 112 valence electrons. The highest BCUT2D eigenvalue weighted by Crippen LogP contribution is 2.23. The number of hydrogen-bond acceptors (Lipinski definition) is 4. The molecule has 1 aromatic carbocycles. The molecule has 3 nitrogen and oxygen atoms in total. The number of benzene rings is 1. The Hall–Kier alpha value is -0.680. The van der Waals surface area contributed by atoms with Crippen LogP contribution in [0.4, 0.5) is 5.69 Å². The predicted octanol–water partition coefficient (Wildman–Crippen LogP) is 3.43. The molecule has 1 heterocycles. The van der Waals surface area contributed by atoms with Crippen molar-refractivity contribution in [2.45, 2.75) is 31.1 Å². The van der Waals surface area contributed by atoms with Crippen LogP contribution < -0.4 is 5.32 Å². The van der Waals surface area contributed by atoms with Gasteiger partial charge in [-0.15, -0.1) is 0 Å². The SMILES string of the molecule is CCCS(=O)(=O)c1ccc(NCC2CCSCC2)cc1. The number of sulfone groups is 1. The molecule has 0 spiro atoms. The van der Waals surface area contributed by atoms with Gasteiger partial charge in [0.2, 0.25) is 0 Å². The van der Waals surface area contributed by atoms with Crippen molar-refractivity contribution in [3.8, 4) is 0 Å². The van der Waals surface area contributed by atoms with Gasteiger partial charge in [-0.05, 0) is 61.0 Å². The number of rotatable bonds is 6. The standard InChI is InChI=1S/C15H23NO2S2/c1-2-11-20(17,18)15-5-3-14(4-6-15)16-12-13-7-9-19-10-8-13/h3-6,13,16H,2,7-12H2,1H3. The summed E-state index contributed by atoms with van der Waals surface area (Å²) in [5.74, 6) is 3.50. The summed E-state index contributed by atoms with van der Waals surface area (Å²) in [6.45, 7) is 2.87. The Labute approximate surface area is 126 Å². The summed E-state index contributed by atoms with van der Waals surface area (Å²) in [5, 5.41) is 3.42. The lowest BCUT2D eigenvalue weighted by Gasteiger charge is -2.22. The van der Waals surface area contributed by atoms with Crippen molar-refractivity contribution in [1.29, 1.82) is 0 Å². The lowest BCUT2D eigenvalue weighted by atomic mass is 10.0. The first-order chi connectivity index (χ1) is 9.62. The summed E-state index contributed by atoms with van der Waals surface area (Å²) in [6.07, 6.45) is 3.21. The minimum absolute atomic E-state index is 0.222. The van der Waals surface area contributed by atoms with E-state index >= 15 is 0 Å². The lowest BCUT2D eigenvalue weighted by Crippen LogP contribution is -2.19. The highest BCUT2D eigenvalue weighted by Gasteiger charge is 2.14. The van der Waals surface area contributed by atoms with Crippen molar-refractivity contribution in [1.82, 2.24) is 0 Å². The van der Waals surface area contributed by atoms with Crippen molar-refractivity contribution >= 4 is 27.3 Å². The molecule has 0 radical (unpaired) electrons. The molecule has 1 fully saturated rings. The van der Waals surface area contributed by atoms with Gasteiger partial charge >= 0.3 is 0 Å². The summed E-state index contributed by atoms with van der Waals surface area (Å²) in [7, 11) is -3.09. The summed E-state index contributed by atoms with van der Waals surface area (Å²) in [6, 6.07) is 7.17. The second-order valence-corrected chi connectivity index (χ2v) is 8.61. The first-order valence-electron chi connectivity index (χ1n) is 7.26. The van der Waals surface area contributed by atoms with Crippen molar-refractivity contribution in [3.63, 3.8) is 0 Å². The van der Waals surface area contributed by atoms with Crippen LogP contribution in [-0.2, 0) is 9.84 Å². The fourth-order valence-corrected chi connectivity index (χ4v) is 4.91. The van der Waals surface area contributed by atoms with Crippen LogP contribution in [0.15, 0.2) is 29.2 Å². The Balaban J connectivity index is 1.91. The average molecular weight is 313 g/mol. The third-order valence-electron chi connectivity index (χ3n) is 3.62. The van der Waals surface area contributed by atoms with E-state index in [0.717, 1.165) is 18.2 Å². The lowest BCUT2D eigenvalue weighted by molar-refractivity contribution is 0.516. The molecule has 0 atom stereocenters. The molecule has 2 rings (SSSR count). The van der Waals surface area contributed by atoms with Crippen molar-refractivity contribution in [2.75, 3.05) is 29.1 Å². The van der Waals surface area contributed by atoms with Crippen LogP contribution in [0.5, 0.6) is 0 Å². The molecular weight excluding hydrogens is 290 g/mol. The fraction of sp³-hybridized carbons (Fsp3) is 0.600. The summed E-state index contributed by atoms with van der Waals surface area (Å²) < 4.78 is 23.9. The number of thioether (sulfide) groups is 1. The average Bonchev–Trinajstić information content (AvgIpc) is 2.47. The number of hydrogen-bond donors (Lipinski definition) is 1. The van der Waals surface area contributed by atoms with Gasteiger partial charge in [0.25, 0.3) is 0 Å². The minimum atomic E-state index is -3.09. The zero-order valence-electron chi connectivity index (χ0n) is 12.0. The monoisotopic (exact) mass is 313 g/mol. The Bertz CT molecular complexity index is 505. The van der Waals surface area contributed by atoms with Gasteiger partial charge in [0.15, 0.2) is 9.84 Å². The molecule has 1 N–H and O–H groups in total. The molecule has 0 aromatic heterocycles. The Morgan fingerprint density at radius 2 is 1.85 bits per heavy atom. The molecule has 0 saturated carbocycles. The summed E-state index contributed by atoms with van der Waals surface area (Å²) in [5.41, 5.74) is 1.01. The smallest absolute Gasteiger partial charge is 0.178 e. The Morgan fingerprint density at radius 3 is 2.45 bits per heavy atom. The maximum absolute atomic E-state index is 11.9. The topological polar surface area (TPSA) is 46.2 Å². The normalized spacial score (nSPS) is 17.1. The van der Waals surface area contributed by atoms with Crippen molar-refractivity contribution in [3.05, 3.63) is 24.3 Å². The Morgan fingerprint density at radius 1 is 1.20 bits per heavy atom. The molecule has 0 unspecified atom stereocenters. The highest BCUT2D eigenvalue weighted by molar-refractivity contribution is 7.99. The third kappa shape index (κ3) is 4.42. The maximum atomic E-state index is 11.9. The first-order valence-corrected chi connectivity index (χ1v) is 10.1. The second kappa shape index (κ2) is 7.36. The molecule has 20 heavy (non-hydrogen) atoms. The van der Waals surface area contributed by atoms with E-state index in [1.165, 1.54) is 24.3 Å². The van der Waals surface area contributed by atoms with Gasteiger partial charge in [-0.25, -0.2) is 8.42 Å². The van der Waals surface area contributed by atoms with E-state index in [4.69, 9.17) is 0 Å². The molecular formula is C15H23NO2S2. The first kappa shape index (κ1) is 15.7. The quantitative estimate of drug-likeness (QED) is 0.874. The van der Waals surface area contributed by atoms with Gasteiger partial charge in [0.05, 0.1) is 10.6 Å². The molecule has 0 amide bonds. The van der Waals surface area contributed by atoms with Crippen LogP contribution in [0.2, 0.25) is 0 Å². The van der Waals surface area contributed by atoms with Crippen LogP contribution in [-0.4, -0.2) is 32.2 Å². The number of anilines is 1. The molecule has 0 aliphatic carbocycles. The van der Waals surface area contributed by atoms with Crippen LogP contribution in [0.25, 0.3) is 0 Å². The van der Waals surface area contributed by atoms with E-state index in [1.807, 2.05) is 30.8 Å². The van der Waals surface area contributed by atoms with Gasteiger partial charge in [0.1, 0.15) is 0 Å². The van der Waals surface area contributed by atoms with Gasteiger partial charge in [-0.1, -0.05) is 6.92 Å². The van der Waals surface area contributed by atoms with Gasteiger partial charge in [-0.3, -0.25) is 0 Å². The third-order valence-corrected chi connectivity index (χ3v) is 6.61. The maximum Gasteiger partial charge on any atom is 0.178 e. The van der Waals surface area contributed by atoms with Crippen LogP contribution >= 0.6 is 11.8 Å². The molecule has 1 aliphatic rings. The minimum Gasteiger partial charge on any atom is -0.385 e. The van der Waals surface area contributed by atoms with Crippen LogP contribution in [0.1, 0.15) is 26.2 Å². The van der Waals surface area contributed by atoms with E-state index in [9.17, 15) is 8.42 Å². The van der Waals surface area contributed by atoms with Crippen LogP contribution in [0.3, 0.4) is 0 Å². The van der Waals surface area contributed by atoms with Gasteiger partial charge in [-0.2, -0.15) is 11.8 Å². The summed E-state index contributed by atoms with van der Waals surface area (Å²) >= 11 is 2.04. The zero-order chi connectivity index (χ0) is 14.4. The predicted molar refractivity (Wildman–Crippen MR) is 87.3 cm³/mol.